The third-order valence-electron chi connectivity index (χ3n) is 5.08. The van der Waals surface area contributed by atoms with Crippen molar-refractivity contribution in [3.63, 3.8) is 0 Å². The lowest BCUT2D eigenvalue weighted by atomic mass is 10.1. The number of aromatic amines is 1. The maximum absolute atomic E-state index is 12.7. The highest BCUT2D eigenvalue weighted by Crippen LogP contribution is 2.25. The van der Waals surface area contributed by atoms with E-state index in [0.717, 1.165) is 16.5 Å². The standard InChI is InChI=1S/C22H21ClN2O3/c23-18-6-3-5-16(13-18)20-14-25(10-11-28-20)21(26)9-8-17-12-15-4-1-2-7-19(15)24-22(17)27/h1-7,12-13,20H,8-11,14H2,(H,24,27). The van der Waals surface area contributed by atoms with E-state index in [1.54, 1.807) is 0 Å². The molecule has 2 aromatic carbocycles. The molecule has 0 radical (unpaired) electrons. The van der Waals surface area contributed by atoms with Gasteiger partial charge in [0.2, 0.25) is 5.91 Å². The van der Waals surface area contributed by atoms with E-state index in [0.29, 0.717) is 43.1 Å². The fourth-order valence-electron chi connectivity index (χ4n) is 3.56. The van der Waals surface area contributed by atoms with Gasteiger partial charge in [0, 0.05) is 29.1 Å². The summed E-state index contributed by atoms with van der Waals surface area (Å²) in [5.41, 5.74) is 2.27. The van der Waals surface area contributed by atoms with Gasteiger partial charge in [-0.25, -0.2) is 0 Å². The van der Waals surface area contributed by atoms with Crippen LogP contribution in [0.4, 0.5) is 0 Å². The number of hydrogen-bond acceptors (Lipinski definition) is 3. The Hall–Kier alpha value is -2.63. The molecule has 1 aliphatic rings. The molecule has 0 spiro atoms. The molecular weight excluding hydrogens is 376 g/mol. The number of halogens is 1. The molecule has 1 unspecified atom stereocenters. The molecule has 1 saturated heterocycles. The Balaban J connectivity index is 1.42. The number of aryl methyl sites for hydroxylation is 1. The normalized spacial score (nSPS) is 17.0. The Morgan fingerprint density at radius 2 is 2.04 bits per heavy atom. The molecule has 3 aromatic rings. The average molecular weight is 397 g/mol. The summed E-state index contributed by atoms with van der Waals surface area (Å²) in [6.45, 7) is 1.54. The second-order valence-corrected chi connectivity index (χ2v) is 7.40. The van der Waals surface area contributed by atoms with Crippen LogP contribution in [0.5, 0.6) is 0 Å². The van der Waals surface area contributed by atoms with Crippen molar-refractivity contribution in [2.24, 2.45) is 0 Å². The number of hydrogen-bond donors (Lipinski definition) is 1. The summed E-state index contributed by atoms with van der Waals surface area (Å²) >= 11 is 6.07. The minimum atomic E-state index is -0.180. The van der Waals surface area contributed by atoms with E-state index in [1.807, 2.05) is 59.5 Å². The van der Waals surface area contributed by atoms with E-state index in [2.05, 4.69) is 4.98 Å². The van der Waals surface area contributed by atoms with Crippen LogP contribution in [0.1, 0.15) is 23.7 Å². The minimum Gasteiger partial charge on any atom is -0.370 e. The number of aromatic nitrogens is 1. The van der Waals surface area contributed by atoms with Crippen LogP contribution in [0.3, 0.4) is 0 Å². The number of para-hydroxylation sites is 1. The number of nitrogens with one attached hydrogen (secondary N) is 1. The van der Waals surface area contributed by atoms with Crippen LogP contribution in [0.2, 0.25) is 5.02 Å². The van der Waals surface area contributed by atoms with E-state index >= 15 is 0 Å². The molecule has 0 saturated carbocycles. The first-order valence-corrected chi connectivity index (χ1v) is 9.74. The van der Waals surface area contributed by atoms with Crippen LogP contribution in [-0.4, -0.2) is 35.5 Å². The lowest BCUT2D eigenvalue weighted by Crippen LogP contribution is -2.42. The van der Waals surface area contributed by atoms with Crippen molar-refractivity contribution in [2.75, 3.05) is 19.7 Å². The Bertz CT molecular complexity index is 1060. The Morgan fingerprint density at radius 1 is 1.18 bits per heavy atom. The SMILES string of the molecule is O=C(CCc1cc2ccccc2[nH]c1=O)N1CCOC(c2cccc(Cl)c2)C1. The number of morpholine rings is 1. The highest BCUT2D eigenvalue weighted by Gasteiger charge is 2.25. The van der Waals surface area contributed by atoms with Gasteiger partial charge in [0.15, 0.2) is 0 Å². The predicted octanol–water partition coefficient (Wildman–Crippen LogP) is 3.71. The molecule has 1 amide bonds. The number of carbonyl (C=O) groups is 1. The maximum Gasteiger partial charge on any atom is 0.251 e. The van der Waals surface area contributed by atoms with E-state index in [9.17, 15) is 9.59 Å². The summed E-state index contributed by atoms with van der Waals surface area (Å²) in [6, 6.07) is 17.0. The largest absolute Gasteiger partial charge is 0.370 e. The van der Waals surface area contributed by atoms with Crippen molar-refractivity contribution in [1.29, 1.82) is 0 Å². The van der Waals surface area contributed by atoms with E-state index in [1.165, 1.54) is 0 Å². The Morgan fingerprint density at radius 3 is 2.89 bits per heavy atom. The van der Waals surface area contributed by atoms with Gasteiger partial charge < -0.3 is 14.6 Å². The van der Waals surface area contributed by atoms with Gasteiger partial charge in [0.05, 0.1) is 13.2 Å². The topological polar surface area (TPSA) is 62.4 Å². The molecule has 1 fully saturated rings. The third-order valence-corrected chi connectivity index (χ3v) is 5.31. The molecular formula is C22H21ClN2O3. The smallest absolute Gasteiger partial charge is 0.251 e. The van der Waals surface area contributed by atoms with Gasteiger partial charge in [-0.3, -0.25) is 9.59 Å². The van der Waals surface area contributed by atoms with Gasteiger partial charge in [-0.2, -0.15) is 0 Å². The third kappa shape index (κ3) is 4.11. The number of carbonyl (C=O) groups excluding carboxylic acids is 1. The molecule has 6 heteroatoms. The van der Waals surface area contributed by atoms with Gasteiger partial charge >= 0.3 is 0 Å². The number of nitrogens with zero attached hydrogens (tertiary/aromatic N) is 1. The lowest BCUT2D eigenvalue weighted by molar-refractivity contribution is -0.139. The Labute approximate surface area is 167 Å². The quantitative estimate of drug-likeness (QED) is 0.731. The molecule has 28 heavy (non-hydrogen) atoms. The van der Waals surface area contributed by atoms with Crippen molar-refractivity contribution < 1.29 is 9.53 Å². The second kappa shape index (κ2) is 8.17. The van der Waals surface area contributed by atoms with Crippen LogP contribution in [0.15, 0.2) is 59.4 Å². The number of fused-ring (bicyclic) bond motifs is 1. The lowest BCUT2D eigenvalue weighted by Gasteiger charge is -2.33. The zero-order valence-corrected chi connectivity index (χ0v) is 16.1. The first-order valence-electron chi connectivity index (χ1n) is 9.36. The van der Waals surface area contributed by atoms with Gasteiger partial charge in [-0.1, -0.05) is 41.9 Å². The highest BCUT2D eigenvalue weighted by atomic mass is 35.5. The number of rotatable bonds is 4. The van der Waals surface area contributed by atoms with Crippen molar-refractivity contribution in [3.8, 4) is 0 Å². The molecule has 0 aliphatic carbocycles. The molecule has 5 nitrogen and oxygen atoms in total. The zero-order valence-electron chi connectivity index (χ0n) is 15.4. The van der Waals surface area contributed by atoms with Crippen molar-refractivity contribution in [3.05, 3.63) is 81.1 Å². The first-order chi connectivity index (χ1) is 13.6. The van der Waals surface area contributed by atoms with Crippen molar-refractivity contribution in [2.45, 2.75) is 18.9 Å². The van der Waals surface area contributed by atoms with Gasteiger partial charge in [-0.15, -0.1) is 0 Å². The van der Waals surface area contributed by atoms with Crippen LogP contribution >= 0.6 is 11.6 Å². The number of benzene rings is 2. The van der Waals surface area contributed by atoms with Gasteiger partial charge in [0.25, 0.3) is 5.56 Å². The summed E-state index contributed by atoms with van der Waals surface area (Å²) in [6.07, 6.45) is 0.530. The van der Waals surface area contributed by atoms with Crippen LogP contribution in [0, 0.1) is 0 Å². The number of ether oxygens (including phenoxy) is 1. The van der Waals surface area contributed by atoms with E-state index in [4.69, 9.17) is 16.3 Å². The number of pyridine rings is 1. The molecule has 1 aliphatic heterocycles. The van der Waals surface area contributed by atoms with Crippen LogP contribution in [-0.2, 0) is 16.0 Å². The molecule has 1 N–H and O–H groups in total. The second-order valence-electron chi connectivity index (χ2n) is 6.97. The molecule has 4 rings (SSSR count). The van der Waals surface area contributed by atoms with Crippen molar-refractivity contribution in [1.82, 2.24) is 9.88 Å². The first kappa shape index (κ1) is 18.7. The summed E-state index contributed by atoms with van der Waals surface area (Å²) in [4.78, 5) is 29.7. The van der Waals surface area contributed by atoms with E-state index in [-0.39, 0.29) is 17.6 Å². The van der Waals surface area contributed by atoms with Crippen LogP contribution < -0.4 is 5.56 Å². The summed E-state index contributed by atoms with van der Waals surface area (Å²) in [7, 11) is 0. The summed E-state index contributed by atoms with van der Waals surface area (Å²) in [5, 5.41) is 1.62. The number of amides is 1. The predicted molar refractivity (Wildman–Crippen MR) is 110 cm³/mol. The highest BCUT2D eigenvalue weighted by molar-refractivity contribution is 6.30. The fourth-order valence-corrected chi connectivity index (χ4v) is 3.76. The maximum atomic E-state index is 12.7. The van der Waals surface area contributed by atoms with Crippen LogP contribution in [0.25, 0.3) is 10.9 Å². The van der Waals surface area contributed by atoms with Gasteiger partial charge in [-0.05, 0) is 41.6 Å². The van der Waals surface area contributed by atoms with E-state index < -0.39 is 0 Å². The molecule has 2 heterocycles. The average Bonchev–Trinajstić information content (AvgIpc) is 2.72. The number of H-pyrrole nitrogens is 1. The Kier molecular flexibility index (Phi) is 5.46. The molecule has 1 aromatic heterocycles. The van der Waals surface area contributed by atoms with Crippen molar-refractivity contribution >= 4 is 28.4 Å². The summed E-state index contributed by atoms with van der Waals surface area (Å²) in [5.74, 6) is 0.0305. The molecule has 1 atom stereocenters. The molecule has 0 bridgehead atoms. The summed E-state index contributed by atoms with van der Waals surface area (Å²) < 4.78 is 5.82. The molecule has 144 valence electrons. The monoisotopic (exact) mass is 396 g/mol. The fraction of sp³-hybridized carbons (Fsp3) is 0.273. The zero-order chi connectivity index (χ0) is 19.5. The van der Waals surface area contributed by atoms with Gasteiger partial charge in [0.1, 0.15) is 6.10 Å². The minimum absolute atomic E-state index is 0.0305.